The first kappa shape index (κ1) is 20.2. The van der Waals surface area contributed by atoms with Crippen molar-refractivity contribution in [3.05, 3.63) is 42.1 Å². The third-order valence-electron chi connectivity index (χ3n) is 5.88. The maximum atomic E-state index is 6.48. The Morgan fingerprint density at radius 2 is 1.84 bits per heavy atom. The Morgan fingerprint density at radius 1 is 1.03 bits per heavy atom. The smallest absolute Gasteiger partial charge is 0.149 e. The minimum Gasteiger partial charge on any atom is -0.488 e. The molecule has 31 heavy (non-hydrogen) atoms. The second kappa shape index (κ2) is 9.20. The lowest BCUT2D eigenvalue weighted by Crippen LogP contribution is -2.36. The minimum absolute atomic E-state index is 0.143. The molecule has 0 unspecified atom stereocenters. The Hall–Kier alpha value is -2.71. The van der Waals surface area contributed by atoms with E-state index in [-0.39, 0.29) is 6.10 Å². The molecule has 2 fully saturated rings. The molecule has 162 valence electrons. The predicted molar refractivity (Wildman–Crippen MR) is 120 cm³/mol. The average Bonchev–Trinajstić information content (AvgIpc) is 2.82. The third-order valence-corrected chi connectivity index (χ3v) is 6.15. The fourth-order valence-electron chi connectivity index (χ4n) is 4.24. The van der Waals surface area contributed by atoms with Crippen molar-refractivity contribution in [1.29, 1.82) is 0 Å². The largest absolute Gasteiger partial charge is 0.488 e. The maximum absolute atomic E-state index is 6.48. The van der Waals surface area contributed by atoms with Crippen molar-refractivity contribution in [2.45, 2.75) is 37.8 Å². The Morgan fingerprint density at radius 3 is 2.65 bits per heavy atom. The van der Waals surface area contributed by atoms with Gasteiger partial charge < -0.3 is 19.7 Å². The van der Waals surface area contributed by atoms with Crippen LogP contribution in [-0.2, 0) is 4.74 Å². The summed E-state index contributed by atoms with van der Waals surface area (Å²) in [7, 11) is 0. The van der Waals surface area contributed by atoms with Crippen LogP contribution in [0, 0.1) is 0 Å². The number of halogens is 1. The lowest BCUT2D eigenvalue weighted by atomic mass is 9.93. The van der Waals surface area contributed by atoms with Gasteiger partial charge in [-0.15, -0.1) is 0 Å². The van der Waals surface area contributed by atoms with Crippen LogP contribution >= 0.6 is 11.6 Å². The summed E-state index contributed by atoms with van der Waals surface area (Å²) in [5.74, 6) is 1.50. The number of nitrogens with one attached hydrogen (secondary N) is 1. The molecule has 1 saturated heterocycles. The van der Waals surface area contributed by atoms with Crippen molar-refractivity contribution in [3.8, 4) is 5.75 Å². The first-order valence-corrected chi connectivity index (χ1v) is 11.1. The zero-order valence-electron chi connectivity index (χ0n) is 17.2. The van der Waals surface area contributed by atoms with E-state index in [1.54, 1.807) is 18.6 Å². The van der Waals surface area contributed by atoms with Crippen LogP contribution in [0.25, 0.3) is 11.0 Å². The molecule has 0 radical (unpaired) electrons. The molecule has 5 rings (SSSR count). The van der Waals surface area contributed by atoms with E-state index >= 15 is 0 Å². The van der Waals surface area contributed by atoms with Crippen LogP contribution < -0.4 is 15.0 Å². The second-order valence-electron chi connectivity index (χ2n) is 7.92. The van der Waals surface area contributed by atoms with E-state index in [2.05, 4.69) is 42.3 Å². The molecule has 0 bridgehead atoms. The summed E-state index contributed by atoms with van der Waals surface area (Å²) in [5, 5.41) is 3.98. The van der Waals surface area contributed by atoms with Crippen molar-refractivity contribution >= 4 is 34.1 Å². The van der Waals surface area contributed by atoms with Crippen LogP contribution in [0.4, 0.5) is 11.5 Å². The van der Waals surface area contributed by atoms with Gasteiger partial charge in [-0.2, -0.15) is 0 Å². The highest BCUT2D eigenvalue weighted by Crippen LogP contribution is 2.33. The summed E-state index contributed by atoms with van der Waals surface area (Å²) in [6.07, 6.45) is 10.6. The first-order chi connectivity index (χ1) is 15.3. The second-order valence-corrected chi connectivity index (χ2v) is 8.33. The number of nitrogens with zero attached hydrogens (tertiary/aromatic N) is 5. The molecule has 9 heteroatoms. The molecule has 1 saturated carbocycles. The first-order valence-electron chi connectivity index (χ1n) is 10.7. The Bertz CT molecular complexity index is 1040. The van der Waals surface area contributed by atoms with Gasteiger partial charge in [-0.25, -0.2) is 15.0 Å². The van der Waals surface area contributed by atoms with Gasteiger partial charge in [0.15, 0.2) is 0 Å². The van der Waals surface area contributed by atoms with Crippen LogP contribution in [-0.4, -0.2) is 58.4 Å². The highest BCUT2D eigenvalue weighted by molar-refractivity contribution is 6.32. The highest BCUT2D eigenvalue weighted by Gasteiger charge is 2.25. The molecule has 3 heterocycles. The standard InChI is InChI=1S/C22H25ClN6O2/c23-18-13-24-14-27-22(18)28-15-1-3-17(4-2-15)31-20-12-16(29-7-9-30-10-8-29)11-19-21(20)26-6-5-25-19/h5-6,11-15,17H,1-4,7-10H2,(H,24,27,28)/t15-,17+. The summed E-state index contributed by atoms with van der Waals surface area (Å²) in [4.78, 5) is 19.6. The Kier molecular flexibility index (Phi) is 5.99. The number of hydrogen-bond donors (Lipinski definition) is 1. The monoisotopic (exact) mass is 440 g/mol. The van der Waals surface area contributed by atoms with Gasteiger partial charge in [-0.05, 0) is 31.7 Å². The number of rotatable bonds is 5. The molecule has 3 aromatic rings. The minimum atomic E-state index is 0.143. The summed E-state index contributed by atoms with van der Waals surface area (Å²) in [6, 6.07) is 4.52. The summed E-state index contributed by atoms with van der Waals surface area (Å²) in [5.41, 5.74) is 2.78. The number of ether oxygens (including phenoxy) is 2. The van der Waals surface area contributed by atoms with Crippen molar-refractivity contribution in [3.63, 3.8) is 0 Å². The van der Waals surface area contributed by atoms with Crippen LogP contribution in [0.1, 0.15) is 25.7 Å². The van der Waals surface area contributed by atoms with E-state index in [1.165, 1.54) is 6.33 Å². The lowest BCUT2D eigenvalue weighted by Gasteiger charge is -2.31. The van der Waals surface area contributed by atoms with E-state index in [1.807, 2.05) is 0 Å². The number of morpholine rings is 1. The van der Waals surface area contributed by atoms with Crippen molar-refractivity contribution < 1.29 is 9.47 Å². The molecule has 2 aliphatic rings. The third kappa shape index (κ3) is 4.65. The SMILES string of the molecule is Clc1cncnc1N[C@H]1CC[C@@H](Oc2cc(N3CCOCC3)cc3nccnc23)CC1. The number of anilines is 2. The van der Waals surface area contributed by atoms with Crippen LogP contribution in [0.3, 0.4) is 0 Å². The van der Waals surface area contributed by atoms with Gasteiger partial charge in [0.1, 0.15) is 28.4 Å². The van der Waals surface area contributed by atoms with Gasteiger partial charge in [0.2, 0.25) is 0 Å². The fraction of sp³-hybridized carbons (Fsp3) is 0.455. The van der Waals surface area contributed by atoms with E-state index in [0.717, 1.165) is 74.5 Å². The molecule has 1 aliphatic carbocycles. The van der Waals surface area contributed by atoms with E-state index < -0.39 is 0 Å². The number of hydrogen-bond acceptors (Lipinski definition) is 8. The normalized spacial score (nSPS) is 21.8. The fourth-order valence-corrected chi connectivity index (χ4v) is 4.40. The molecule has 1 N–H and O–H groups in total. The Labute approximate surface area is 186 Å². The van der Waals surface area contributed by atoms with Gasteiger partial charge in [0, 0.05) is 43.3 Å². The molecule has 1 aromatic carbocycles. The van der Waals surface area contributed by atoms with Crippen molar-refractivity contribution in [2.75, 3.05) is 36.5 Å². The zero-order chi connectivity index (χ0) is 21.0. The maximum Gasteiger partial charge on any atom is 0.149 e. The van der Waals surface area contributed by atoms with Crippen LogP contribution in [0.2, 0.25) is 5.02 Å². The molecule has 8 nitrogen and oxygen atoms in total. The van der Waals surface area contributed by atoms with Crippen molar-refractivity contribution in [1.82, 2.24) is 19.9 Å². The van der Waals surface area contributed by atoms with Gasteiger partial charge >= 0.3 is 0 Å². The molecule has 0 atom stereocenters. The summed E-state index contributed by atoms with van der Waals surface area (Å²) in [6.45, 7) is 3.21. The topological polar surface area (TPSA) is 85.3 Å². The van der Waals surface area contributed by atoms with Crippen LogP contribution in [0.5, 0.6) is 5.75 Å². The summed E-state index contributed by atoms with van der Waals surface area (Å²) < 4.78 is 12.0. The number of benzene rings is 1. The summed E-state index contributed by atoms with van der Waals surface area (Å²) >= 11 is 6.18. The Balaban J connectivity index is 1.28. The highest BCUT2D eigenvalue weighted by atomic mass is 35.5. The quantitative estimate of drug-likeness (QED) is 0.642. The number of fused-ring (bicyclic) bond motifs is 1. The molecule has 0 spiro atoms. The van der Waals surface area contributed by atoms with Gasteiger partial charge in [0.25, 0.3) is 0 Å². The average molecular weight is 441 g/mol. The molecule has 1 aliphatic heterocycles. The molecular weight excluding hydrogens is 416 g/mol. The molecule has 2 aromatic heterocycles. The lowest BCUT2D eigenvalue weighted by molar-refractivity contribution is 0.122. The van der Waals surface area contributed by atoms with E-state index in [9.17, 15) is 0 Å². The number of aromatic nitrogens is 4. The van der Waals surface area contributed by atoms with E-state index in [0.29, 0.717) is 16.9 Å². The zero-order valence-corrected chi connectivity index (χ0v) is 18.0. The van der Waals surface area contributed by atoms with Crippen LogP contribution in [0.15, 0.2) is 37.1 Å². The predicted octanol–water partition coefficient (Wildman–Crippen LogP) is 3.71. The van der Waals surface area contributed by atoms with E-state index in [4.69, 9.17) is 21.1 Å². The molecular formula is C22H25ClN6O2. The van der Waals surface area contributed by atoms with Gasteiger partial charge in [0.05, 0.1) is 31.0 Å². The molecule has 0 amide bonds. The van der Waals surface area contributed by atoms with Gasteiger partial charge in [-0.3, -0.25) is 4.98 Å². The van der Waals surface area contributed by atoms with Crippen molar-refractivity contribution in [2.24, 2.45) is 0 Å². The van der Waals surface area contributed by atoms with Gasteiger partial charge in [-0.1, -0.05) is 11.6 Å².